The van der Waals surface area contributed by atoms with E-state index >= 15 is 0 Å². The van der Waals surface area contributed by atoms with Crippen molar-refractivity contribution in [3.05, 3.63) is 35.9 Å². The standard InChI is InChI=1S/C14H19N3O2/c1-16(9-10-18)11-14(19)17-8-7-13(15-17)12-5-3-2-4-6-12/h2-6,18H,7-11H2,1H3. The first-order valence-electron chi connectivity index (χ1n) is 6.43. The van der Waals surface area contributed by atoms with Crippen LogP contribution < -0.4 is 0 Å². The van der Waals surface area contributed by atoms with E-state index in [1.54, 1.807) is 4.90 Å². The Kier molecular flexibility index (Phi) is 4.65. The highest BCUT2D eigenvalue weighted by Crippen LogP contribution is 2.13. The molecule has 0 saturated carbocycles. The number of carbonyl (C=O) groups is 1. The molecule has 19 heavy (non-hydrogen) atoms. The first-order valence-corrected chi connectivity index (χ1v) is 6.43. The summed E-state index contributed by atoms with van der Waals surface area (Å²) in [4.78, 5) is 13.8. The van der Waals surface area contributed by atoms with Gasteiger partial charge in [0, 0.05) is 13.0 Å². The van der Waals surface area contributed by atoms with Crippen LogP contribution in [0.1, 0.15) is 12.0 Å². The van der Waals surface area contributed by atoms with E-state index in [0.29, 0.717) is 13.1 Å². The minimum Gasteiger partial charge on any atom is -0.395 e. The normalized spacial score (nSPS) is 14.9. The van der Waals surface area contributed by atoms with Crippen molar-refractivity contribution in [3.63, 3.8) is 0 Å². The number of hydrogen-bond acceptors (Lipinski definition) is 4. The van der Waals surface area contributed by atoms with Crippen LogP contribution in [0.2, 0.25) is 0 Å². The Bertz CT molecular complexity index is 459. The Hall–Kier alpha value is -1.72. The fourth-order valence-electron chi connectivity index (χ4n) is 2.03. The minimum absolute atomic E-state index is 0.0260. The summed E-state index contributed by atoms with van der Waals surface area (Å²) in [6, 6.07) is 9.91. The van der Waals surface area contributed by atoms with Crippen molar-refractivity contribution in [2.45, 2.75) is 6.42 Å². The summed E-state index contributed by atoms with van der Waals surface area (Å²) in [5.74, 6) is -0.0260. The van der Waals surface area contributed by atoms with Gasteiger partial charge >= 0.3 is 0 Å². The van der Waals surface area contributed by atoms with Crippen LogP contribution in [0.25, 0.3) is 0 Å². The summed E-state index contributed by atoms with van der Waals surface area (Å²) in [7, 11) is 1.81. The van der Waals surface area contributed by atoms with Gasteiger partial charge in [0.05, 0.1) is 25.4 Å². The molecule has 102 valence electrons. The van der Waals surface area contributed by atoms with Crippen molar-refractivity contribution < 1.29 is 9.90 Å². The second-order valence-corrected chi connectivity index (χ2v) is 4.64. The van der Waals surface area contributed by atoms with E-state index < -0.39 is 0 Å². The maximum Gasteiger partial charge on any atom is 0.256 e. The number of carbonyl (C=O) groups excluding carboxylic acids is 1. The highest BCUT2D eigenvalue weighted by Gasteiger charge is 2.22. The summed E-state index contributed by atoms with van der Waals surface area (Å²) in [5.41, 5.74) is 2.03. The van der Waals surface area contributed by atoms with Gasteiger partial charge in [-0.05, 0) is 12.6 Å². The van der Waals surface area contributed by atoms with Crippen molar-refractivity contribution in [1.29, 1.82) is 0 Å². The first-order chi connectivity index (χ1) is 9.20. The number of benzene rings is 1. The van der Waals surface area contributed by atoms with Gasteiger partial charge in [0.25, 0.3) is 5.91 Å². The topological polar surface area (TPSA) is 56.1 Å². The number of likely N-dealkylation sites (N-methyl/N-ethyl adjacent to an activating group) is 1. The molecule has 0 saturated heterocycles. The quantitative estimate of drug-likeness (QED) is 0.842. The number of aliphatic hydroxyl groups is 1. The zero-order chi connectivity index (χ0) is 13.7. The van der Waals surface area contributed by atoms with E-state index in [4.69, 9.17) is 5.11 Å². The van der Waals surface area contributed by atoms with Crippen LogP contribution in [0, 0.1) is 0 Å². The fraction of sp³-hybridized carbons (Fsp3) is 0.429. The lowest BCUT2D eigenvalue weighted by molar-refractivity contribution is -0.131. The Morgan fingerprint density at radius 3 is 2.84 bits per heavy atom. The van der Waals surface area contributed by atoms with Crippen LogP contribution in [0.4, 0.5) is 0 Å². The third-order valence-corrected chi connectivity index (χ3v) is 3.08. The third-order valence-electron chi connectivity index (χ3n) is 3.08. The molecule has 5 nitrogen and oxygen atoms in total. The van der Waals surface area contributed by atoms with Crippen LogP contribution >= 0.6 is 0 Å². The van der Waals surface area contributed by atoms with Gasteiger partial charge in [0.1, 0.15) is 0 Å². The highest BCUT2D eigenvalue weighted by molar-refractivity contribution is 6.02. The van der Waals surface area contributed by atoms with E-state index in [2.05, 4.69) is 5.10 Å². The molecule has 0 unspecified atom stereocenters. The number of nitrogens with zero attached hydrogens (tertiary/aromatic N) is 3. The molecule has 1 amide bonds. The van der Waals surface area contributed by atoms with Crippen LogP contribution in [-0.4, -0.2) is 59.9 Å². The summed E-state index contributed by atoms with van der Waals surface area (Å²) < 4.78 is 0. The fourth-order valence-corrected chi connectivity index (χ4v) is 2.03. The number of rotatable bonds is 5. The summed E-state index contributed by atoms with van der Waals surface area (Å²) in [6.07, 6.45) is 0.791. The maximum atomic E-state index is 12.0. The summed E-state index contributed by atoms with van der Waals surface area (Å²) in [5, 5.41) is 14.7. The third kappa shape index (κ3) is 3.62. The van der Waals surface area contributed by atoms with Crippen molar-refractivity contribution in [2.24, 2.45) is 5.10 Å². The van der Waals surface area contributed by atoms with Gasteiger partial charge < -0.3 is 5.11 Å². The number of amides is 1. The minimum atomic E-state index is -0.0260. The lowest BCUT2D eigenvalue weighted by Gasteiger charge is -2.17. The molecule has 1 aliphatic rings. The molecule has 0 aliphatic carbocycles. The van der Waals surface area contributed by atoms with Gasteiger partial charge in [-0.2, -0.15) is 5.10 Å². The van der Waals surface area contributed by atoms with E-state index in [1.165, 1.54) is 5.01 Å². The lowest BCUT2D eigenvalue weighted by Crippen LogP contribution is -2.36. The maximum absolute atomic E-state index is 12.0. The molecular formula is C14H19N3O2. The summed E-state index contributed by atoms with van der Waals surface area (Å²) >= 11 is 0. The van der Waals surface area contributed by atoms with Crippen LogP contribution in [0.3, 0.4) is 0 Å². The van der Waals surface area contributed by atoms with Crippen molar-refractivity contribution in [3.8, 4) is 0 Å². The molecular weight excluding hydrogens is 242 g/mol. The molecule has 0 atom stereocenters. The van der Waals surface area contributed by atoms with Gasteiger partial charge in [-0.15, -0.1) is 0 Å². The molecule has 1 heterocycles. The highest BCUT2D eigenvalue weighted by atomic mass is 16.3. The van der Waals surface area contributed by atoms with Gasteiger partial charge in [-0.1, -0.05) is 30.3 Å². The van der Waals surface area contributed by atoms with Crippen molar-refractivity contribution in [2.75, 3.05) is 33.3 Å². The first kappa shape index (κ1) is 13.7. The Labute approximate surface area is 113 Å². The summed E-state index contributed by atoms with van der Waals surface area (Å²) in [6.45, 7) is 1.47. The van der Waals surface area contributed by atoms with Crippen LogP contribution in [-0.2, 0) is 4.79 Å². The van der Waals surface area contributed by atoms with E-state index in [1.807, 2.05) is 37.4 Å². The molecule has 1 N–H and O–H groups in total. The molecule has 0 radical (unpaired) electrons. The van der Waals surface area contributed by atoms with Crippen molar-refractivity contribution in [1.82, 2.24) is 9.91 Å². The molecule has 1 aliphatic heterocycles. The molecule has 0 fully saturated rings. The molecule has 2 rings (SSSR count). The van der Waals surface area contributed by atoms with Gasteiger partial charge in [0.2, 0.25) is 0 Å². The van der Waals surface area contributed by atoms with E-state index in [0.717, 1.165) is 17.7 Å². The second kappa shape index (κ2) is 6.45. The Morgan fingerprint density at radius 2 is 2.16 bits per heavy atom. The molecule has 0 aromatic heterocycles. The number of aliphatic hydroxyl groups excluding tert-OH is 1. The molecule has 0 spiro atoms. The molecule has 1 aromatic carbocycles. The van der Waals surface area contributed by atoms with Crippen LogP contribution in [0.5, 0.6) is 0 Å². The largest absolute Gasteiger partial charge is 0.395 e. The molecule has 0 bridgehead atoms. The molecule has 5 heteroatoms. The van der Waals surface area contributed by atoms with E-state index in [-0.39, 0.29) is 19.1 Å². The monoisotopic (exact) mass is 261 g/mol. The second-order valence-electron chi connectivity index (χ2n) is 4.64. The van der Waals surface area contributed by atoms with Gasteiger partial charge in [-0.25, -0.2) is 5.01 Å². The lowest BCUT2D eigenvalue weighted by atomic mass is 10.1. The van der Waals surface area contributed by atoms with Gasteiger partial charge in [0.15, 0.2) is 0 Å². The zero-order valence-corrected chi connectivity index (χ0v) is 11.1. The average molecular weight is 261 g/mol. The van der Waals surface area contributed by atoms with E-state index in [9.17, 15) is 4.79 Å². The van der Waals surface area contributed by atoms with Crippen LogP contribution in [0.15, 0.2) is 35.4 Å². The Balaban J connectivity index is 1.97. The number of hydrazone groups is 1. The smallest absolute Gasteiger partial charge is 0.256 e. The number of hydrogen-bond donors (Lipinski definition) is 1. The van der Waals surface area contributed by atoms with Gasteiger partial charge in [-0.3, -0.25) is 9.69 Å². The predicted molar refractivity (Wildman–Crippen MR) is 73.9 cm³/mol. The SMILES string of the molecule is CN(CCO)CC(=O)N1CCC(c2ccccc2)=N1. The zero-order valence-electron chi connectivity index (χ0n) is 11.1. The predicted octanol–water partition coefficient (Wildman–Crippen LogP) is 0.547. The Morgan fingerprint density at radius 1 is 1.42 bits per heavy atom. The average Bonchev–Trinajstić information content (AvgIpc) is 2.89. The molecule has 1 aromatic rings. The van der Waals surface area contributed by atoms with Crippen molar-refractivity contribution >= 4 is 11.6 Å².